The minimum atomic E-state index is -1.14. The lowest BCUT2D eigenvalue weighted by Gasteiger charge is -2.36. The van der Waals surface area contributed by atoms with Crippen LogP contribution >= 0.6 is 0 Å². The van der Waals surface area contributed by atoms with Gasteiger partial charge in [0.1, 0.15) is 17.6 Å². The highest BCUT2D eigenvalue weighted by Crippen LogP contribution is 2.42. The number of benzene rings is 3. The van der Waals surface area contributed by atoms with Crippen LogP contribution in [-0.2, 0) is 15.1 Å². The molecule has 4 aromatic rings. The van der Waals surface area contributed by atoms with Gasteiger partial charge in [-0.3, -0.25) is 24.5 Å². The van der Waals surface area contributed by atoms with Crippen LogP contribution in [-0.4, -0.2) is 40.3 Å². The Morgan fingerprint density at radius 3 is 2.10 bits per heavy atom. The van der Waals surface area contributed by atoms with E-state index in [1.807, 2.05) is 84.9 Å². The molecule has 10 nitrogen and oxygen atoms in total. The molecule has 0 aliphatic carbocycles. The van der Waals surface area contributed by atoms with Crippen molar-refractivity contribution >= 4 is 0 Å². The summed E-state index contributed by atoms with van der Waals surface area (Å²) in [5.74, 6) is 0.677. The van der Waals surface area contributed by atoms with Crippen LogP contribution in [0.3, 0.4) is 0 Å². The second kappa shape index (κ2) is 11.3. The van der Waals surface area contributed by atoms with Gasteiger partial charge in [0.2, 0.25) is 6.04 Å². The average Bonchev–Trinajstić information content (AvgIpc) is 3.41. The van der Waals surface area contributed by atoms with Crippen LogP contribution in [0.1, 0.15) is 34.9 Å². The summed E-state index contributed by atoms with van der Waals surface area (Å²) in [6, 6.07) is 25.6. The van der Waals surface area contributed by atoms with Crippen LogP contribution in [0.25, 0.3) is 0 Å². The van der Waals surface area contributed by atoms with Gasteiger partial charge in [-0.2, -0.15) is 0 Å². The maximum Gasteiger partial charge on any atom is 0.330 e. The molecule has 1 N–H and O–H groups in total. The fourth-order valence-corrected chi connectivity index (χ4v) is 5.19. The van der Waals surface area contributed by atoms with E-state index in [1.54, 1.807) is 14.0 Å². The molecule has 3 aromatic carbocycles. The summed E-state index contributed by atoms with van der Waals surface area (Å²) in [5, 5.41) is 12.1. The van der Waals surface area contributed by atoms with Gasteiger partial charge in [0.15, 0.2) is 6.10 Å². The Kier molecular flexibility index (Phi) is 7.63. The summed E-state index contributed by atoms with van der Waals surface area (Å²) in [7, 11) is 1.59. The predicted molar refractivity (Wildman–Crippen MR) is 147 cm³/mol. The lowest BCUT2D eigenvalue weighted by molar-refractivity contribution is -0.528. The first-order chi connectivity index (χ1) is 19.3. The van der Waals surface area contributed by atoms with Gasteiger partial charge in [0.05, 0.1) is 20.1 Å². The summed E-state index contributed by atoms with van der Waals surface area (Å²) in [5.41, 5.74) is 0.406. The van der Waals surface area contributed by atoms with Crippen molar-refractivity contribution in [1.29, 1.82) is 0 Å². The molecule has 1 saturated heterocycles. The normalized spacial score (nSPS) is 18.9. The van der Waals surface area contributed by atoms with E-state index in [0.29, 0.717) is 11.3 Å². The van der Waals surface area contributed by atoms with Crippen LogP contribution in [0.2, 0.25) is 0 Å². The highest BCUT2D eigenvalue weighted by Gasteiger charge is 2.47. The third-order valence-electron chi connectivity index (χ3n) is 7.25. The zero-order valence-corrected chi connectivity index (χ0v) is 22.1. The maximum atomic E-state index is 12.5. The van der Waals surface area contributed by atoms with Crippen molar-refractivity contribution in [3.8, 4) is 5.75 Å². The molecular formula is C30H29N3O7. The van der Waals surface area contributed by atoms with Crippen molar-refractivity contribution in [1.82, 2.24) is 9.55 Å². The zero-order valence-electron chi connectivity index (χ0n) is 22.1. The second-order valence-electron chi connectivity index (χ2n) is 9.65. The maximum absolute atomic E-state index is 12.5. The van der Waals surface area contributed by atoms with E-state index in [0.717, 1.165) is 16.7 Å². The summed E-state index contributed by atoms with van der Waals surface area (Å²) >= 11 is 0. The van der Waals surface area contributed by atoms with Gasteiger partial charge in [-0.1, -0.05) is 72.8 Å². The summed E-state index contributed by atoms with van der Waals surface area (Å²) in [6.07, 6.45) is -0.597. The van der Waals surface area contributed by atoms with Crippen LogP contribution in [0.15, 0.2) is 101 Å². The van der Waals surface area contributed by atoms with Crippen molar-refractivity contribution in [2.75, 3.05) is 13.7 Å². The molecule has 40 heavy (non-hydrogen) atoms. The van der Waals surface area contributed by atoms with E-state index in [9.17, 15) is 19.7 Å². The molecule has 206 valence electrons. The van der Waals surface area contributed by atoms with Gasteiger partial charge in [0, 0.05) is 16.7 Å². The zero-order chi connectivity index (χ0) is 28.3. The molecule has 1 aliphatic heterocycles. The van der Waals surface area contributed by atoms with Gasteiger partial charge < -0.3 is 14.2 Å². The number of nitro groups is 1. The molecule has 0 spiro atoms. The average molecular weight is 544 g/mol. The fourth-order valence-electron chi connectivity index (χ4n) is 5.19. The van der Waals surface area contributed by atoms with Crippen molar-refractivity contribution in [2.45, 2.75) is 37.3 Å². The minimum absolute atomic E-state index is 0.0569. The molecule has 0 radical (unpaired) electrons. The monoisotopic (exact) mass is 543 g/mol. The molecule has 0 bridgehead atoms. The second-order valence-corrected chi connectivity index (χ2v) is 9.65. The molecule has 1 fully saturated rings. The van der Waals surface area contributed by atoms with E-state index in [4.69, 9.17) is 14.2 Å². The number of H-pyrrole nitrogens is 1. The van der Waals surface area contributed by atoms with Gasteiger partial charge in [-0.05, 0) is 35.7 Å². The molecule has 1 aromatic heterocycles. The van der Waals surface area contributed by atoms with Crippen molar-refractivity contribution < 1.29 is 19.1 Å². The minimum Gasteiger partial charge on any atom is -0.497 e. The highest BCUT2D eigenvalue weighted by atomic mass is 16.6. The number of nitrogens with zero attached hydrogens (tertiary/aromatic N) is 2. The van der Waals surface area contributed by atoms with Crippen LogP contribution < -0.4 is 16.0 Å². The van der Waals surface area contributed by atoms with Crippen molar-refractivity contribution in [2.24, 2.45) is 0 Å². The van der Waals surface area contributed by atoms with E-state index in [2.05, 4.69) is 4.98 Å². The largest absolute Gasteiger partial charge is 0.497 e. The summed E-state index contributed by atoms with van der Waals surface area (Å²) < 4.78 is 19.4. The lowest BCUT2D eigenvalue weighted by atomic mass is 9.80. The number of aryl methyl sites for hydroxylation is 1. The van der Waals surface area contributed by atoms with E-state index < -0.39 is 40.1 Å². The van der Waals surface area contributed by atoms with E-state index in [1.165, 1.54) is 10.8 Å². The molecular weight excluding hydrogens is 514 g/mol. The third-order valence-corrected chi connectivity index (χ3v) is 7.25. The van der Waals surface area contributed by atoms with Gasteiger partial charge in [-0.15, -0.1) is 0 Å². The Hall–Kier alpha value is -4.54. The van der Waals surface area contributed by atoms with E-state index >= 15 is 0 Å². The Labute approximate surface area is 229 Å². The number of nitrogens with one attached hydrogen (secondary N) is 1. The number of ether oxygens (including phenoxy) is 3. The van der Waals surface area contributed by atoms with Crippen LogP contribution in [0.4, 0.5) is 0 Å². The van der Waals surface area contributed by atoms with Crippen LogP contribution in [0.5, 0.6) is 5.75 Å². The number of methoxy groups -OCH3 is 1. The Bertz CT molecular complexity index is 1540. The summed E-state index contributed by atoms with van der Waals surface area (Å²) in [6.45, 7) is 1.41. The molecule has 5 rings (SSSR count). The SMILES string of the molecule is COc1ccc(C(OC[C@H]2O[C@@H](n3cc(C)c(=O)[nH]c3=O)C[C@@H]2[N+](=O)[O-])(c2ccccc2)c2ccccc2)cc1. The first-order valence-corrected chi connectivity index (χ1v) is 12.8. The van der Waals surface area contributed by atoms with Gasteiger partial charge in [-0.25, -0.2) is 4.79 Å². The predicted octanol–water partition coefficient (Wildman–Crippen LogP) is 3.80. The number of aromatic nitrogens is 2. The lowest BCUT2D eigenvalue weighted by Crippen LogP contribution is -2.40. The number of hydrogen-bond acceptors (Lipinski definition) is 7. The van der Waals surface area contributed by atoms with Crippen LogP contribution in [0, 0.1) is 17.0 Å². The molecule has 0 saturated carbocycles. The Morgan fingerprint density at radius 1 is 0.975 bits per heavy atom. The van der Waals surface area contributed by atoms with Crippen molar-refractivity contribution in [3.63, 3.8) is 0 Å². The topological polar surface area (TPSA) is 126 Å². The quantitative estimate of drug-likeness (QED) is 0.193. The fraction of sp³-hybridized carbons (Fsp3) is 0.267. The molecule has 0 amide bonds. The third kappa shape index (κ3) is 5.06. The molecule has 1 aliphatic rings. The van der Waals surface area contributed by atoms with Crippen molar-refractivity contribution in [3.05, 3.63) is 144 Å². The molecule has 0 unspecified atom stereocenters. The Balaban J connectivity index is 1.56. The standard InChI is InChI=1S/C30H29N3O7/c1-20-18-32(29(35)31-28(20)34)27-17-25(33(36)37)26(40-27)19-39-30(21-9-5-3-6-10-21,22-11-7-4-8-12-22)23-13-15-24(38-2)16-14-23/h3-16,18,25-27H,17,19H2,1-2H3,(H,31,34,35)/t25-,26+,27+/m0/s1. The number of aromatic amines is 1. The highest BCUT2D eigenvalue weighted by molar-refractivity contribution is 5.48. The number of rotatable bonds is 9. The Morgan fingerprint density at radius 2 is 1.55 bits per heavy atom. The molecule has 2 heterocycles. The smallest absolute Gasteiger partial charge is 0.330 e. The molecule has 10 heteroatoms. The van der Waals surface area contributed by atoms with Gasteiger partial charge in [0.25, 0.3) is 5.56 Å². The summed E-state index contributed by atoms with van der Waals surface area (Å²) in [4.78, 5) is 38.3. The number of hydrogen-bond donors (Lipinski definition) is 1. The first-order valence-electron chi connectivity index (χ1n) is 12.8. The van der Waals surface area contributed by atoms with E-state index in [-0.39, 0.29) is 13.0 Å². The first kappa shape index (κ1) is 27.0. The van der Waals surface area contributed by atoms with Gasteiger partial charge >= 0.3 is 5.69 Å². The molecule has 3 atom stereocenters.